The monoisotopic (exact) mass is 504 g/mol. The maximum Gasteiger partial charge on any atom is 0.238 e. The van der Waals surface area contributed by atoms with E-state index in [2.05, 4.69) is 12.2 Å². The topological polar surface area (TPSA) is 66.5 Å². The maximum atomic E-state index is 14.5. The second-order valence-electron chi connectivity index (χ2n) is 10.7. The average molecular weight is 505 g/mol. The van der Waals surface area contributed by atoms with E-state index in [1.807, 2.05) is 89.8 Å². The van der Waals surface area contributed by atoms with Crippen molar-refractivity contribution >= 4 is 34.9 Å². The number of amides is 1. The first kappa shape index (κ1) is 24.4. The molecule has 1 fully saturated rings. The zero-order chi connectivity index (χ0) is 26.4. The number of aryl methyl sites for hydroxylation is 1. The van der Waals surface area contributed by atoms with Crippen molar-refractivity contribution in [1.82, 2.24) is 0 Å². The van der Waals surface area contributed by atoms with Gasteiger partial charge in [-0.1, -0.05) is 92.6 Å². The van der Waals surface area contributed by atoms with E-state index in [0.717, 1.165) is 36.1 Å². The van der Waals surface area contributed by atoms with Gasteiger partial charge in [0.25, 0.3) is 0 Å². The van der Waals surface area contributed by atoms with Crippen LogP contribution in [0.2, 0.25) is 0 Å². The Bertz CT molecular complexity index is 1460. The lowest BCUT2D eigenvalue weighted by atomic mass is 9.64. The molecule has 1 N–H and O–H groups in total. The standard InChI is InChI=1S/C33H32N2O3/c1-3-4-5-10-22-15-17-24(18-16-22)31(37)29-30(21(2)36)35-27-14-9-6-11-23(27)19-20-28(35)33(29)25-12-7-8-13-26(25)34-32(33)38/h6-9,11-20,28-30H,3-5,10H2,1-2H3,(H,34,38)/t28-,29-,30+,33-/m0/s1. The van der Waals surface area contributed by atoms with E-state index in [1.165, 1.54) is 18.9 Å². The van der Waals surface area contributed by atoms with E-state index in [9.17, 15) is 14.4 Å². The summed E-state index contributed by atoms with van der Waals surface area (Å²) in [7, 11) is 0. The Balaban J connectivity index is 1.52. The van der Waals surface area contributed by atoms with Gasteiger partial charge in [0.1, 0.15) is 5.41 Å². The Labute approximate surface area is 223 Å². The number of unbranched alkanes of at least 4 members (excludes halogenated alkanes) is 2. The Morgan fingerprint density at radius 2 is 1.68 bits per heavy atom. The summed E-state index contributed by atoms with van der Waals surface area (Å²) < 4.78 is 0. The molecule has 1 saturated heterocycles. The molecule has 5 heteroatoms. The fourth-order valence-electron chi connectivity index (χ4n) is 6.87. The molecule has 5 nitrogen and oxygen atoms in total. The third kappa shape index (κ3) is 3.48. The third-order valence-electron chi connectivity index (χ3n) is 8.55. The minimum Gasteiger partial charge on any atom is -0.352 e. The van der Waals surface area contributed by atoms with E-state index in [-0.39, 0.29) is 17.5 Å². The highest BCUT2D eigenvalue weighted by atomic mass is 16.2. The van der Waals surface area contributed by atoms with E-state index >= 15 is 0 Å². The lowest BCUT2D eigenvalue weighted by Crippen LogP contribution is -2.51. The number of carbonyl (C=O) groups is 3. The van der Waals surface area contributed by atoms with Crippen LogP contribution in [0.4, 0.5) is 11.4 Å². The molecule has 0 aliphatic carbocycles. The summed E-state index contributed by atoms with van der Waals surface area (Å²) in [5, 5.41) is 3.06. The predicted octanol–water partition coefficient (Wildman–Crippen LogP) is 5.98. The molecule has 192 valence electrons. The summed E-state index contributed by atoms with van der Waals surface area (Å²) in [6.45, 7) is 3.72. The van der Waals surface area contributed by atoms with Gasteiger partial charge in [-0.2, -0.15) is 0 Å². The number of Topliss-reactive ketones (excluding diaryl/α,β-unsaturated/α-hetero) is 2. The molecule has 0 radical (unpaired) electrons. The summed E-state index contributed by atoms with van der Waals surface area (Å²) in [6, 6.07) is 22.0. The van der Waals surface area contributed by atoms with Gasteiger partial charge in [-0.15, -0.1) is 0 Å². The van der Waals surface area contributed by atoms with Gasteiger partial charge in [-0.3, -0.25) is 14.4 Å². The average Bonchev–Trinajstić information content (AvgIpc) is 3.42. The molecule has 0 bridgehead atoms. The summed E-state index contributed by atoms with van der Waals surface area (Å²) in [4.78, 5) is 44.1. The molecule has 3 aromatic rings. The first-order valence-electron chi connectivity index (χ1n) is 13.6. The molecular weight excluding hydrogens is 472 g/mol. The number of fused-ring (bicyclic) bond motifs is 6. The van der Waals surface area contributed by atoms with E-state index in [0.29, 0.717) is 11.3 Å². The van der Waals surface area contributed by atoms with Crippen LogP contribution in [-0.2, 0) is 21.4 Å². The summed E-state index contributed by atoms with van der Waals surface area (Å²) in [5.74, 6) is -1.40. The van der Waals surface area contributed by atoms with E-state index in [4.69, 9.17) is 0 Å². The van der Waals surface area contributed by atoms with Crippen LogP contribution in [0.1, 0.15) is 60.2 Å². The molecule has 1 spiro atoms. The van der Waals surface area contributed by atoms with Crippen LogP contribution in [0.5, 0.6) is 0 Å². The van der Waals surface area contributed by atoms with Gasteiger partial charge in [0, 0.05) is 16.9 Å². The molecule has 1 amide bonds. The zero-order valence-corrected chi connectivity index (χ0v) is 21.8. The highest BCUT2D eigenvalue weighted by molar-refractivity contribution is 6.16. The van der Waals surface area contributed by atoms with Crippen LogP contribution in [0.15, 0.2) is 78.9 Å². The van der Waals surface area contributed by atoms with Crippen molar-refractivity contribution in [1.29, 1.82) is 0 Å². The number of hydrogen-bond donors (Lipinski definition) is 1. The summed E-state index contributed by atoms with van der Waals surface area (Å²) in [6.07, 6.45) is 8.43. The maximum absolute atomic E-state index is 14.5. The van der Waals surface area contributed by atoms with Crippen molar-refractivity contribution in [2.45, 2.75) is 57.0 Å². The van der Waals surface area contributed by atoms with E-state index in [1.54, 1.807) is 0 Å². The van der Waals surface area contributed by atoms with Gasteiger partial charge in [-0.05, 0) is 48.6 Å². The molecule has 0 aromatic heterocycles. The number of para-hydroxylation sites is 2. The Morgan fingerprint density at radius 3 is 2.45 bits per heavy atom. The normalized spacial score (nSPS) is 24.6. The molecule has 3 heterocycles. The Hall–Kier alpha value is -3.99. The quantitative estimate of drug-likeness (QED) is 0.317. The first-order chi connectivity index (χ1) is 18.5. The molecule has 3 aliphatic rings. The van der Waals surface area contributed by atoms with Gasteiger partial charge in [0.2, 0.25) is 5.91 Å². The van der Waals surface area contributed by atoms with Crippen molar-refractivity contribution in [3.05, 3.63) is 101 Å². The lowest BCUT2D eigenvalue weighted by molar-refractivity contribution is -0.122. The largest absolute Gasteiger partial charge is 0.352 e. The lowest BCUT2D eigenvalue weighted by Gasteiger charge is -2.37. The van der Waals surface area contributed by atoms with Crippen LogP contribution in [0.25, 0.3) is 6.08 Å². The number of rotatable bonds is 7. The highest BCUT2D eigenvalue weighted by Crippen LogP contribution is 2.57. The summed E-state index contributed by atoms with van der Waals surface area (Å²) in [5.41, 5.74) is 3.83. The number of hydrogen-bond acceptors (Lipinski definition) is 4. The van der Waals surface area contributed by atoms with Crippen molar-refractivity contribution in [3.63, 3.8) is 0 Å². The highest BCUT2D eigenvalue weighted by Gasteiger charge is 2.69. The van der Waals surface area contributed by atoms with Crippen LogP contribution in [0, 0.1) is 5.92 Å². The first-order valence-corrected chi connectivity index (χ1v) is 13.6. The minimum atomic E-state index is -1.23. The van der Waals surface area contributed by atoms with Gasteiger partial charge in [0.05, 0.1) is 18.0 Å². The van der Waals surface area contributed by atoms with E-state index < -0.39 is 23.4 Å². The van der Waals surface area contributed by atoms with Crippen LogP contribution >= 0.6 is 0 Å². The van der Waals surface area contributed by atoms with Gasteiger partial charge >= 0.3 is 0 Å². The second kappa shape index (κ2) is 9.39. The van der Waals surface area contributed by atoms with Crippen molar-refractivity contribution < 1.29 is 14.4 Å². The molecule has 0 unspecified atom stereocenters. The molecular formula is C33H32N2O3. The van der Waals surface area contributed by atoms with Gasteiger partial charge < -0.3 is 10.2 Å². The predicted molar refractivity (Wildman–Crippen MR) is 150 cm³/mol. The Kier molecular flexibility index (Phi) is 6.02. The van der Waals surface area contributed by atoms with Crippen molar-refractivity contribution in [2.24, 2.45) is 5.92 Å². The second-order valence-corrected chi connectivity index (χ2v) is 10.7. The molecule has 38 heavy (non-hydrogen) atoms. The fourth-order valence-corrected chi connectivity index (χ4v) is 6.87. The fraction of sp³-hybridized carbons (Fsp3) is 0.303. The molecule has 4 atom stereocenters. The summed E-state index contributed by atoms with van der Waals surface area (Å²) >= 11 is 0. The van der Waals surface area contributed by atoms with Crippen molar-refractivity contribution in [2.75, 3.05) is 10.2 Å². The number of anilines is 2. The van der Waals surface area contributed by atoms with Gasteiger partial charge in [-0.25, -0.2) is 0 Å². The Morgan fingerprint density at radius 1 is 0.947 bits per heavy atom. The van der Waals surface area contributed by atoms with Gasteiger partial charge in [0.15, 0.2) is 11.6 Å². The number of nitrogens with one attached hydrogen (secondary N) is 1. The zero-order valence-electron chi connectivity index (χ0n) is 21.8. The molecule has 3 aromatic carbocycles. The molecule has 0 saturated carbocycles. The number of carbonyl (C=O) groups excluding carboxylic acids is 3. The van der Waals surface area contributed by atoms with Crippen molar-refractivity contribution in [3.8, 4) is 0 Å². The van der Waals surface area contributed by atoms with Crippen LogP contribution < -0.4 is 10.2 Å². The smallest absolute Gasteiger partial charge is 0.238 e. The van der Waals surface area contributed by atoms with Crippen LogP contribution in [-0.4, -0.2) is 29.6 Å². The SMILES string of the molecule is CCCCCc1ccc(C(=O)[C@@H]2[C@@H](C(C)=O)N3c4ccccc4C=C[C@H]3[C@]23C(=O)Nc2ccccc23)cc1. The number of benzene rings is 3. The van der Waals surface area contributed by atoms with Crippen LogP contribution in [0.3, 0.4) is 0 Å². The molecule has 3 aliphatic heterocycles. The molecule has 6 rings (SSSR count). The minimum absolute atomic E-state index is 0.122. The number of ketones is 2. The third-order valence-corrected chi connectivity index (χ3v) is 8.55. The number of nitrogens with zero attached hydrogens (tertiary/aromatic N) is 1.